The molecule has 0 bridgehead atoms. The number of methoxy groups -OCH3 is 1. The Balaban J connectivity index is 2.25. The minimum absolute atomic E-state index is 0.285. The second-order valence-corrected chi connectivity index (χ2v) is 5.23. The molecule has 2 rings (SSSR count). The Morgan fingerprint density at radius 1 is 1.29 bits per heavy atom. The van der Waals surface area contributed by atoms with Crippen LogP contribution in [-0.4, -0.2) is 28.1 Å². The zero-order valence-corrected chi connectivity index (χ0v) is 12.7. The molecular weight excluding hydrogens is 272 g/mol. The Kier molecular flexibility index (Phi) is 3.93. The average Bonchev–Trinajstić information content (AvgIpc) is 2.85. The molecule has 1 N–H and O–H groups in total. The summed E-state index contributed by atoms with van der Waals surface area (Å²) in [6.45, 7) is 7.12. The number of carbonyl (C=O) groups excluding carboxylic acids is 1. The van der Waals surface area contributed by atoms with E-state index in [1.165, 1.54) is 7.11 Å². The van der Waals surface area contributed by atoms with Gasteiger partial charge in [-0.3, -0.25) is 4.79 Å². The molecule has 0 spiro atoms. The SMILES string of the molecule is COc1nc(C)ccc1C(=O)NC(C)(C)c1noc(C)n1. The third-order valence-electron chi connectivity index (χ3n) is 2.95. The first-order valence-electron chi connectivity index (χ1n) is 6.48. The summed E-state index contributed by atoms with van der Waals surface area (Å²) < 4.78 is 10.1. The molecular formula is C14H18N4O3. The van der Waals surface area contributed by atoms with E-state index in [4.69, 9.17) is 9.26 Å². The molecule has 0 aliphatic heterocycles. The summed E-state index contributed by atoms with van der Waals surface area (Å²) in [5.74, 6) is 0.827. The summed E-state index contributed by atoms with van der Waals surface area (Å²) in [4.78, 5) is 20.7. The van der Waals surface area contributed by atoms with Crippen LogP contribution in [-0.2, 0) is 5.54 Å². The van der Waals surface area contributed by atoms with Crippen LogP contribution < -0.4 is 10.1 Å². The quantitative estimate of drug-likeness (QED) is 0.922. The number of ether oxygens (including phenoxy) is 1. The van der Waals surface area contributed by atoms with Crippen LogP contribution in [0.15, 0.2) is 16.7 Å². The van der Waals surface area contributed by atoms with E-state index in [0.717, 1.165) is 5.69 Å². The van der Waals surface area contributed by atoms with Crippen LogP contribution in [0, 0.1) is 13.8 Å². The Bertz CT molecular complexity index is 664. The Morgan fingerprint density at radius 2 is 2.00 bits per heavy atom. The van der Waals surface area contributed by atoms with Gasteiger partial charge in [-0.15, -0.1) is 0 Å². The van der Waals surface area contributed by atoms with E-state index >= 15 is 0 Å². The van der Waals surface area contributed by atoms with Crippen molar-refractivity contribution in [2.75, 3.05) is 7.11 Å². The molecule has 0 aliphatic rings. The molecule has 0 radical (unpaired) electrons. The van der Waals surface area contributed by atoms with E-state index in [2.05, 4.69) is 20.4 Å². The molecule has 7 nitrogen and oxygen atoms in total. The topological polar surface area (TPSA) is 90.1 Å². The van der Waals surface area contributed by atoms with Crippen molar-refractivity contribution in [3.05, 3.63) is 35.1 Å². The Hall–Kier alpha value is -2.44. The summed E-state index contributed by atoms with van der Waals surface area (Å²) in [6, 6.07) is 3.43. The lowest BCUT2D eigenvalue weighted by atomic mass is 10.0. The molecule has 0 aromatic carbocycles. The summed E-state index contributed by atoms with van der Waals surface area (Å²) in [5, 5.41) is 6.70. The van der Waals surface area contributed by atoms with Gasteiger partial charge in [-0.1, -0.05) is 5.16 Å². The maximum absolute atomic E-state index is 12.4. The summed E-state index contributed by atoms with van der Waals surface area (Å²) in [7, 11) is 1.48. The van der Waals surface area contributed by atoms with Crippen molar-refractivity contribution in [3.8, 4) is 5.88 Å². The third kappa shape index (κ3) is 3.18. The van der Waals surface area contributed by atoms with E-state index in [-0.39, 0.29) is 11.8 Å². The fourth-order valence-corrected chi connectivity index (χ4v) is 1.82. The van der Waals surface area contributed by atoms with E-state index in [0.29, 0.717) is 17.3 Å². The Morgan fingerprint density at radius 3 is 2.57 bits per heavy atom. The van der Waals surface area contributed by atoms with Crippen molar-refractivity contribution in [1.82, 2.24) is 20.4 Å². The van der Waals surface area contributed by atoms with Gasteiger partial charge in [-0.2, -0.15) is 4.98 Å². The molecule has 2 aromatic heterocycles. The number of amides is 1. The molecule has 0 aliphatic carbocycles. The third-order valence-corrected chi connectivity index (χ3v) is 2.95. The van der Waals surface area contributed by atoms with Crippen LogP contribution in [0.4, 0.5) is 0 Å². The molecule has 0 atom stereocenters. The smallest absolute Gasteiger partial charge is 0.257 e. The molecule has 0 saturated heterocycles. The highest BCUT2D eigenvalue weighted by Crippen LogP contribution is 2.20. The lowest BCUT2D eigenvalue weighted by molar-refractivity contribution is 0.0903. The minimum Gasteiger partial charge on any atom is -0.480 e. The average molecular weight is 290 g/mol. The normalized spacial score (nSPS) is 11.3. The summed E-state index contributed by atoms with van der Waals surface area (Å²) >= 11 is 0. The maximum atomic E-state index is 12.4. The molecule has 2 heterocycles. The van der Waals surface area contributed by atoms with Gasteiger partial charge in [-0.25, -0.2) is 4.98 Å². The molecule has 112 valence electrons. The highest BCUT2D eigenvalue weighted by atomic mass is 16.5. The highest BCUT2D eigenvalue weighted by molar-refractivity contribution is 5.96. The van der Waals surface area contributed by atoms with Crippen molar-refractivity contribution in [3.63, 3.8) is 0 Å². The van der Waals surface area contributed by atoms with Crippen LogP contribution in [0.5, 0.6) is 5.88 Å². The van der Waals surface area contributed by atoms with Crippen LogP contribution in [0.1, 0.15) is 41.6 Å². The van der Waals surface area contributed by atoms with E-state index in [1.807, 2.05) is 6.92 Å². The first-order valence-corrected chi connectivity index (χ1v) is 6.48. The molecule has 7 heteroatoms. The van der Waals surface area contributed by atoms with Crippen molar-refractivity contribution in [2.45, 2.75) is 33.2 Å². The zero-order valence-electron chi connectivity index (χ0n) is 12.7. The second-order valence-electron chi connectivity index (χ2n) is 5.23. The molecule has 2 aromatic rings. The van der Waals surface area contributed by atoms with E-state index in [1.54, 1.807) is 32.9 Å². The van der Waals surface area contributed by atoms with Crippen LogP contribution >= 0.6 is 0 Å². The highest BCUT2D eigenvalue weighted by Gasteiger charge is 2.29. The van der Waals surface area contributed by atoms with Gasteiger partial charge in [0.1, 0.15) is 5.56 Å². The van der Waals surface area contributed by atoms with Gasteiger partial charge >= 0.3 is 0 Å². The number of nitrogens with zero attached hydrogens (tertiary/aromatic N) is 3. The number of aryl methyl sites for hydroxylation is 2. The summed E-state index contributed by atoms with van der Waals surface area (Å²) in [6.07, 6.45) is 0. The summed E-state index contributed by atoms with van der Waals surface area (Å²) in [5.41, 5.74) is 0.359. The largest absolute Gasteiger partial charge is 0.480 e. The van der Waals surface area contributed by atoms with E-state index in [9.17, 15) is 4.79 Å². The fourth-order valence-electron chi connectivity index (χ4n) is 1.82. The van der Waals surface area contributed by atoms with Gasteiger partial charge < -0.3 is 14.6 Å². The number of aromatic nitrogens is 3. The lowest BCUT2D eigenvalue weighted by Gasteiger charge is -2.22. The van der Waals surface area contributed by atoms with Crippen molar-refractivity contribution in [2.24, 2.45) is 0 Å². The predicted molar refractivity (Wildman–Crippen MR) is 75.1 cm³/mol. The lowest BCUT2D eigenvalue weighted by Crippen LogP contribution is -2.42. The predicted octanol–water partition coefficient (Wildman–Crippen LogP) is 1.76. The van der Waals surface area contributed by atoms with Crippen molar-refractivity contribution < 1.29 is 14.1 Å². The number of hydrogen-bond donors (Lipinski definition) is 1. The molecule has 1 amide bonds. The number of hydrogen-bond acceptors (Lipinski definition) is 6. The number of pyridine rings is 1. The number of carbonyl (C=O) groups is 1. The minimum atomic E-state index is -0.773. The van der Waals surface area contributed by atoms with Crippen molar-refractivity contribution >= 4 is 5.91 Å². The molecule has 0 fully saturated rings. The first kappa shape index (κ1) is 15.0. The van der Waals surface area contributed by atoms with Gasteiger partial charge in [0.15, 0.2) is 5.82 Å². The number of nitrogens with one attached hydrogen (secondary N) is 1. The molecule has 0 unspecified atom stereocenters. The maximum Gasteiger partial charge on any atom is 0.257 e. The molecule has 21 heavy (non-hydrogen) atoms. The van der Waals surface area contributed by atoms with Gasteiger partial charge in [0, 0.05) is 12.6 Å². The van der Waals surface area contributed by atoms with Gasteiger partial charge in [0.05, 0.1) is 12.6 Å². The van der Waals surface area contributed by atoms with E-state index < -0.39 is 5.54 Å². The standard InChI is InChI=1S/C14H18N4O3/c1-8-6-7-10(12(15-8)20-5)11(19)17-14(3,4)13-16-9(2)21-18-13/h6-7H,1-5H3,(H,17,19). The molecule has 0 saturated carbocycles. The van der Waals surface area contributed by atoms with Gasteiger partial charge in [-0.05, 0) is 32.9 Å². The Labute approximate surface area is 122 Å². The zero-order chi connectivity index (χ0) is 15.6. The van der Waals surface area contributed by atoms with Crippen LogP contribution in [0.25, 0.3) is 0 Å². The van der Waals surface area contributed by atoms with Gasteiger partial charge in [0.2, 0.25) is 11.8 Å². The van der Waals surface area contributed by atoms with Gasteiger partial charge in [0.25, 0.3) is 5.91 Å². The number of rotatable bonds is 4. The second kappa shape index (κ2) is 5.51. The first-order chi connectivity index (χ1) is 9.83. The monoisotopic (exact) mass is 290 g/mol. The van der Waals surface area contributed by atoms with Crippen LogP contribution in [0.3, 0.4) is 0 Å². The fraction of sp³-hybridized carbons (Fsp3) is 0.429. The van der Waals surface area contributed by atoms with Crippen molar-refractivity contribution in [1.29, 1.82) is 0 Å². The van der Waals surface area contributed by atoms with Crippen LogP contribution in [0.2, 0.25) is 0 Å².